The SMILES string of the molecule is CC[C@@H](SCc1cc(Cl)c2c(c1)OCO2)C(=O)Nc1cc(C)on1. The van der Waals surface area contributed by atoms with E-state index in [1.807, 2.05) is 19.1 Å². The van der Waals surface area contributed by atoms with Gasteiger partial charge in [-0.15, -0.1) is 11.8 Å². The molecule has 128 valence electrons. The molecule has 1 atom stereocenters. The lowest BCUT2D eigenvalue weighted by atomic mass is 10.2. The summed E-state index contributed by atoms with van der Waals surface area (Å²) in [6.07, 6.45) is 0.700. The molecule has 0 bridgehead atoms. The molecule has 2 aromatic rings. The molecule has 1 N–H and O–H groups in total. The van der Waals surface area contributed by atoms with Gasteiger partial charge in [0.15, 0.2) is 17.3 Å². The van der Waals surface area contributed by atoms with Crippen molar-refractivity contribution in [3.8, 4) is 11.5 Å². The van der Waals surface area contributed by atoms with Gasteiger partial charge in [0, 0.05) is 11.8 Å². The highest BCUT2D eigenvalue weighted by Gasteiger charge is 2.21. The fraction of sp³-hybridized carbons (Fsp3) is 0.375. The molecule has 2 heterocycles. The van der Waals surface area contributed by atoms with E-state index in [-0.39, 0.29) is 18.0 Å². The minimum Gasteiger partial charge on any atom is -0.454 e. The predicted octanol–water partition coefficient (Wildman–Crippen LogP) is 4.02. The first-order valence-electron chi connectivity index (χ1n) is 7.50. The van der Waals surface area contributed by atoms with Crippen LogP contribution in [0.2, 0.25) is 5.02 Å². The third-order valence-corrected chi connectivity index (χ3v) is 5.21. The first-order chi connectivity index (χ1) is 11.6. The summed E-state index contributed by atoms with van der Waals surface area (Å²) in [5.74, 6) is 2.86. The predicted molar refractivity (Wildman–Crippen MR) is 92.8 cm³/mol. The Morgan fingerprint density at radius 1 is 1.42 bits per heavy atom. The summed E-state index contributed by atoms with van der Waals surface area (Å²) < 4.78 is 15.6. The molecule has 1 aliphatic heterocycles. The van der Waals surface area contributed by atoms with Crippen LogP contribution in [0, 0.1) is 6.92 Å². The molecule has 0 spiro atoms. The summed E-state index contributed by atoms with van der Waals surface area (Å²) >= 11 is 7.72. The largest absolute Gasteiger partial charge is 0.454 e. The van der Waals surface area contributed by atoms with Crippen molar-refractivity contribution >= 4 is 35.1 Å². The number of halogens is 1. The van der Waals surface area contributed by atoms with Crippen LogP contribution in [0.15, 0.2) is 22.7 Å². The molecule has 0 saturated carbocycles. The van der Waals surface area contributed by atoms with E-state index in [0.717, 1.165) is 5.56 Å². The van der Waals surface area contributed by atoms with E-state index in [2.05, 4.69) is 10.5 Å². The number of carbonyl (C=O) groups is 1. The van der Waals surface area contributed by atoms with Gasteiger partial charge in [-0.2, -0.15) is 0 Å². The second-order valence-corrected chi connectivity index (χ2v) is 6.93. The van der Waals surface area contributed by atoms with Crippen molar-refractivity contribution in [3.63, 3.8) is 0 Å². The van der Waals surface area contributed by atoms with Crippen molar-refractivity contribution in [3.05, 3.63) is 34.5 Å². The van der Waals surface area contributed by atoms with Gasteiger partial charge < -0.3 is 19.3 Å². The lowest BCUT2D eigenvalue weighted by Crippen LogP contribution is -2.24. The monoisotopic (exact) mass is 368 g/mol. The Bertz CT molecular complexity index is 750. The molecule has 6 nitrogen and oxygen atoms in total. The smallest absolute Gasteiger partial charge is 0.238 e. The van der Waals surface area contributed by atoms with Crippen molar-refractivity contribution in [1.82, 2.24) is 5.16 Å². The number of nitrogens with one attached hydrogen (secondary N) is 1. The summed E-state index contributed by atoms with van der Waals surface area (Å²) in [5, 5.41) is 6.87. The average Bonchev–Trinajstić information content (AvgIpc) is 3.17. The Morgan fingerprint density at radius 3 is 2.96 bits per heavy atom. The van der Waals surface area contributed by atoms with Crippen LogP contribution in [-0.2, 0) is 10.5 Å². The summed E-state index contributed by atoms with van der Waals surface area (Å²) in [4.78, 5) is 12.3. The zero-order valence-corrected chi connectivity index (χ0v) is 14.9. The lowest BCUT2D eigenvalue weighted by molar-refractivity contribution is -0.115. The number of carbonyl (C=O) groups excluding carboxylic acids is 1. The molecule has 3 rings (SSSR count). The summed E-state index contributed by atoms with van der Waals surface area (Å²) in [5.41, 5.74) is 0.984. The summed E-state index contributed by atoms with van der Waals surface area (Å²) in [6, 6.07) is 5.42. The highest BCUT2D eigenvalue weighted by molar-refractivity contribution is 7.99. The van der Waals surface area contributed by atoms with Gasteiger partial charge in [0.25, 0.3) is 0 Å². The lowest BCUT2D eigenvalue weighted by Gasteiger charge is -2.14. The third-order valence-electron chi connectivity index (χ3n) is 3.48. The number of hydrogen-bond donors (Lipinski definition) is 1. The average molecular weight is 369 g/mol. The van der Waals surface area contributed by atoms with Crippen molar-refractivity contribution in [2.24, 2.45) is 0 Å². The van der Waals surface area contributed by atoms with E-state index < -0.39 is 0 Å². The summed E-state index contributed by atoms with van der Waals surface area (Å²) in [7, 11) is 0. The van der Waals surface area contributed by atoms with Gasteiger partial charge in [-0.1, -0.05) is 23.7 Å². The van der Waals surface area contributed by atoms with Gasteiger partial charge in [0.1, 0.15) is 5.76 Å². The number of nitrogens with zero attached hydrogens (tertiary/aromatic N) is 1. The van der Waals surface area contributed by atoms with Crippen LogP contribution >= 0.6 is 23.4 Å². The first kappa shape index (κ1) is 17.0. The molecule has 24 heavy (non-hydrogen) atoms. The van der Waals surface area contributed by atoms with Crippen molar-refractivity contribution in [1.29, 1.82) is 0 Å². The number of aryl methyl sites for hydroxylation is 1. The molecule has 1 amide bonds. The quantitative estimate of drug-likeness (QED) is 0.830. The Labute approximate surface area is 148 Å². The van der Waals surface area contributed by atoms with Crippen LogP contribution in [0.25, 0.3) is 0 Å². The Balaban J connectivity index is 1.61. The molecule has 0 radical (unpaired) electrons. The molecular weight excluding hydrogens is 352 g/mol. The topological polar surface area (TPSA) is 73.6 Å². The maximum Gasteiger partial charge on any atom is 0.238 e. The summed E-state index contributed by atoms with van der Waals surface area (Å²) in [6.45, 7) is 3.93. The van der Waals surface area contributed by atoms with Crippen LogP contribution in [0.1, 0.15) is 24.7 Å². The fourth-order valence-corrected chi connectivity index (χ4v) is 3.61. The number of benzene rings is 1. The maximum absolute atomic E-state index is 12.3. The number of ether oxygens (including phenoxy) is 2. The molecule has 0 saturated heterocycles. The number of fused-ring (bicyclic) bond motifs is 1. The molecule has 0 aliphatic carbocycles. The number of rotatable bonds is 6. The van der Waals surface area contributed by atoms with Crippen LogP contribution in [0.5, 0.6) is 11.5 Å². The van der Waals surface area contributed by atoms with E-state index in [1.54, 1.807) is 13.0 Å². The molecular formula is C16H17ClN2O4S. The second-order valence-electron chi connectivity index (χ2n) is 5.33. The van der Waals surface area contributed by atoms with Crippen molar-refractivity contribution < 1.29 is 18.8 Å². The molecule has 1 aromatic heterocycles. The Hall–Kier alpha value is -1.86. The molecule has 1 aliphatic rings. The highest BCUT2D eigenvalue weighted by atomic mass is 35.5. The van der Waals surface area contributed by atoms with E-state index in [0.29, 0.717) is 40.3 Å². The zero-order chi connectivity index (χ0) is 17.1. The van der Waals surface area contributed by atoms with Crippen LogP contribution < -0.4 is 14.8 Å². The first-order valence-corrected chi connectivity index (χ1v) is 8.93. The molecule has 1 aromatic carbocycles. The van der Waals surface area contributed by atoms with Gasteiger partial charge >= 0.3 is 0 Å². The minimum absolute atomic E-state index is 0.0948. The van der Waals surface area contributed by atoms with E-state index in [1.165, 1.54) is 11.8 Å². The van der Waals surface area contributed by atoms with Crippen LogP contribution in [0.3, 0.4) is 0 Å². The minimum atomic E-state index is -0.203. The zero-order valence-electron chi connectivity index (χ0n) is 13.3. The maximum atomic E-state index is 12.3. The van der Waals surface area contributed by atoms with Crippen LogP contribution in [-0.4, -0.2) is 23.1 Å². The number of thioether (sulfide) groups is 1. The number of anilines is 1. The van der Waals surface area contributed by atoms with Crippen molar-refractivity contribution in [2.45, 2.75) is 31.3 Å². The van der Waals surface area contributed by atoms with E-state index in [9.17, 15) is 4.79 Å². The highest BCUT2D eigenvalue weighted by Crippen LogP contribution is 2.40. The molecule has 0 fully saturated rings. The Morgan fingerprint density at radius 2 is 2.25 bits per heavy atom. The Kier molecular flexibility index (Phi) is 5.20. The molecule has 0 unspecified atom stereocenters. The standard InChI is InChI=1S/C16H17ClN2O4S/c1-3-13(16(20)18-14-4-9(2)23-19-14)24-7-10-5-11(17)15-12(6-10)21-8-22-15/h4-6,13H,3,7-8H2,1-2H3,(H,18,19,20)/t13-/m1/s1. The van der Waals surface area contributed by atoms with Gasteiger partial charge in [-0.25, -0.2) is 0 Å². The normalized spacial score (nSPS) is 13.8. The number of aromatic nitrogens is 1. The van der Waals surface area contributed by atoms with Gasteiger partial charge in [-0.3, -0.25) is 4.79 Å². The second kappa shape index (κ2) is 7.36. The number of amides is 1. The van der Waals surface area contributed by atoms with Gasteiger partial charge in [0.05, 0.1) is 10.3 Å². The van der Waals surface area contributed by atoms with Crippen LogP contribution in [0.4, 0.5) is 5.82 Å². The molecule has 8 heteroatoms. The van der Waals surface area contributed by atoms with Crippen molar-refractivity contribution in [2.75, 3.05) is 12.1 Å². The third kappa shape index (κ3) is 3.79. The van der Waals surface area contributed by atoms with Gasteiger partial charge in [0.2, 0.25) is 12.7 Å². The van der Waals surface area contributed by atoms with E-state index >= 15 is 0 Å². The van der Waals surface area contributed by atoms with Gasteiger partial charge in [-0.05, 0) is 31.0 Å². The van der Waals surface area contributed by atoms with E-state index in [4.69, 9.17) is 25.6 Å². The fourth-order valence-electron chi connectivity index (χ4n) is 2.31. The number of hydrogen-bond acceptors (Lipinski definition) is 6.